The largest absolute Gasteiger partial charge is 0.392 e. The first-order valence-corrected chi connectivity index (χ1v) is 6.26. The summed E-state index contributed by atoms with van der Waals surface area (Å²) in [6, 6.07) is 0.0212. The molecule has 2 N–H and O–H groups in total. The van der Waals surface area contributed by atoms with Crippen LogP contribution in [0.2, 0.25) is 0 Å². The molecule has 5 nitrogen and oxygen atoms in total. The number of hydrogen-bond acceptors (Lipinski definition) is 6. The molecule has 2 heterocycles. The van der Waals surface area contributed by atoms with Crippen molar-refractivity contribution >= 4 is 11.8 Å². The van der Waals surface area contributed by atoms with E-state index in [9.17, 15) is 5.11 Å². The Balaban J connectivity index is 1.94. The highest BCUT2D eigenvalue weighted by atomic mass is 32.2. The first kappa shape index (κ1) is 10.9. The van der Waals surface area contributed by atoms with Crippen molar-refractivity contribution in [1.29, 1.82) is 0 Å². The average molecular weight is 229 g/mol. The van der Waals surface area contributed by atoms with Gasteiger partial charge in [0.2, 0.25) is 5.89 Å². The third kappa shape index (κ3) is 2.70. The zero-order valence-corrected chi connectivity index (χ0v) is 9.46. The van der Waals surface area contributed by atoms with Gasteiger partial charge >= 0.3 is 0 Å². The molecule has 0 unspecified atom stereocenters. The highest BCUT2D eigenvalue weighted by Gasteiger charge is 2.27. The van der Waals surface area contributed by atoms with Crippen LogP contribution in [0.3, 0.4) is 0 Å². The van der Waals surface area contributed by atoms with Crippen molar-refractivity contribution < 1.29 is 9.63 Å². The highest BCUT2D eigenvalue weighted by Crippen LogP contribution is 2.22. The molecule has 0 spiro atoms. The van der Waals surface area contributed by atoms with Crippen LogP contribution in [-0.2, 0) is 5.75 Å². The summed E-state index contributed by atoms with van der Waals surface area (Å²) in [5.41, 5.74) is 0. The Morgan fingerprint density at radius 3 is 3.20 bits per heavy atom. The maximum Gasteiger partial charge on any atom is 0.243 e. The van der Waals surface area contributed by atoms with E-state index in [0.29, 0.717) is 18.9 Å². The molecule has 1 fully saturated rings. The molecule has 1 aliphatic rings. The lowest BCUT2D eigenvalue weighted by Gasteiger charge is -2.01. The molecule has 1 aromatic heterocycles. The fourth-order valence-electron chi connectivity index (χ4n) is 1.57. The van der Waals surface area contributed by atoms with E-state index in [1.807, 2.05) is 0 Å². The van der Waals surface area contributed by atoms with Gasteiger partial charge in [-0.2, -0.15) is 16.7 Å². The number of aliphatic hydroxyl groups excluding tert-OH is 1. The standard InChI is InChI=1S/C9H15N3O2S/c1-2-15-5-8-11-9(14-12-8)7-3-6(13)4-10-7/h6-7,10,13H,2-5H2,1H3/t6-,7-/m1/s1. The molecule has 1 saturated heterocycles. The second-order valence-corrected chi connectivity index (χ2v) is 4.81. The molecule has 6 heteroatoms. The summed E-state index contributed by atoms with van der Waals surface area (Å²) in [6.07, 6.45) is 0.359. The second-order valence-electron chi connectivity index (χ2n) is 3.54. The average Bonchev–Trinajstić information content (AvgIpc) is 2.83. The Bertz CT molecular complexity index is 318. The first-order valence-electron chi connectivity index (χ1n) is 5.11. The van der Waals surface area contributed by atoms with E-state index in [-0.39, 0.29) is 12.1 Å². The van der Waals surface area contributed by atoms with Crippen molar-refractivity contribution in [3.8, 4) is 0 Å². The number of β-amino-alcohol motifs (C(OH)–C–C–N with tert-alkyl or cyclic N) is 1. The number of nitrogens with one attached hydrogen (secondary N) is 1. The third-order valence-electron chi connectivity index (χ3n) is 2.32. The van der Waals surface area contributed by atoms with Crippen molar-refractivity contribution in [2.24, 2.45) is 0 Å². The predicted molar refractivity (Wildman–Crippen MR) is 57.5 cm³/mol. The summed E-state index contributed by atoms with van der Waals surface area (Å²) in [4.78, 5) is 4.29. The van der Waals surface area contributed by atoms with Gasteiger partial charge in [-0.05, 0) is 12.2 Å². The fourth-order valence-corrected chi connectivity index (χ4v) is 2.07. The lowest BCUT2D eigenvalue weighted by molar-refractivity contribution is 0.191. The van der Waals surface area contributed by atoms with Crippen LogP contribution in [0.1, 0.15) is 31.1 Å². The summed E-state index contributed by atoms with van der Waals surface area (Å²) < 4.78 is 5.15. The lowest BCUT2D eigenvalue weighted by atomic mass is 10.2. The molecule has 0 radical (unpaired) electrons. The number of nitrogens with zero attached hydrogens (tertiary/aromatic N) is 2. The summed E-state index contributed by atoms with van der Waals surface area (Å²) in [6.45, 7) is 2.70. The van der Waals surface area contributed by atoms with E-state index >= 15 is 0 Å². The van der Waals surface area contributed by atoms with Gasteiger partial charge in [-0.15, -0.1) is 0 Å². The summed E-state index contributed by atoms with van der Waals surface area (Å²) in [7, 11) is 0. The van der Waals surface area contributed by atoms with E-state index < -0.39 is 0 Å². The molecule has 1 aliphatic heterocycles. The molecule has 84 valence electrons. The minimum Gasteiger partial charge on any atom is -0.392 e. The number of aromatic nitrogens is 2. The van der Waals surface area contributed by atoms with Crippen molar-refractivity contribution in [3.05, 3.63) is 11.7 Å². The summed E-state index contributed by atoms with van der Waals surface area (Å²) in [5.74, 6) is 3.16. The van der Waals surface area contributed by atoms with Crippen molar-refractivity contribution in [1.82, 2.24) is 15.5 Å². The van der Waals surface area contributed by atoms with Crippen LogP contribution in [0, 0.1) is 0 Å². The van der Waals surface area contributed by atoms with Crippen LogP contribution >= 0.6 is 11.8 Å². The minimum absolute atomic E-state index is 0.0212. The van der Waals surface area contributed by atoms with Crippen LogP contribution in [0.5, 0.6) is 0 Å². The van der Waals surface area contributed by atoms with Crippen LogP contribution in [0.15, 0.2) is 4.52 Å². The maximum absolute atomic E-state index is 9.35. The number of rotatable bonds is 4. The van der Waals surface area contributed by atoms with E-state index in [0.717, 1.165) is 17.3 Å². The molecule has 0 saturated carbocycles. The molecule has 0 aliphatic carbocycles. The molecular formula is C9H15N3O2S. The van der Waals surface area contributed by atoms with Gasteiger partial charge in [-0.3, -0.25) is 0 Å². The van der Waals surface area contributed by atoms with Crippen LogP contribution in [0.25, 0.3) is 0 Å². The van der Waals surface area contributed by atoms with E-state index in [1.54, 1.807) is 11.8 Å². The molecular weight excluding hydrogens is 214 g/mol. The number of thioether (sulfide) groups is 1. The Hall–Kier alpha value is -0.590. The number of aliphatic hydroxyl groups is 1. The summed E-state index contributed by atoms with van der Waals surface area (Å²) >= 11 is 1.76. The first-order chi connectivity index (χ1) is 7.29. The molecule has 0 amide bonds. The fraction of sp³-hybridized carbons (Fsp3) is 0.778. The molecule has 2 rings (SSSR count). The molecule has 0 bridgehead atoms. The highest BCUT2D eigenvalue weighted by molar-refractivity contribution is 7.98. The Kier molecular flexibility index (Phi) is 3.61. The molecule has 2 atom stereocenters. The Labute approximate surface area is 92.6 Å². The Morgan fingerprint density at radius 2 is 2.53 bits per heavy atom. The summed E-state index contributed by atoms with van der Waals surface area (Å²) in [5, 5.41) is 16.4. The monoisotopic (exact) mass is 229 g/mol. The molecule has 1 aromatic rings. The smallest absolute Gasteiger partial charge is 0.243 e. The van der Waals surface area contributed by atoms with Crippen molar-refractivity contribution in [2.45, 2.75) is 31.2 Å². The van der Waals surface area contributed by atoms with Crippen LogP contribution in [-0.4, -0.2) is 33.6 Å². The quantitative estimate of drug-likeness (QED) is 0.792. The zero-order valence-electron chi connectivity index (χ0n) is 8.64. The van der Waals surface area contributed by atoms with Gasteiger partial charge in [0.05, 0.1) is 17.9 Å². The van der Waals surface area contributed by atoms with E-state index in [1.165, 1.54) is 0 Å². The van der Waals surface area contributed by atoms with Gasteiger partial charge in [0, 0.05) is 6.54 Å². The van der Waals surface area contributed by atoms with Crippen molar-refractivity contribution in [3.63, 3.8) is 0 Å². The Morgan fingerprint density at radius 1 is 1.67 bits per heavy atom. The van der Waals surface area contributed by atoms with Gasteiger partial charge in [0.1, 0.15) is 0 Å². The van der Waals surface area contributed by atoms with Crippen molar-refractivity contribution in [2.75, 3.05) is 12.3 Å². The maximum atomic E-state index is 9.35. The molecule has 15 heavy (non-hydrogen) atoms. The number of hydrogen-bond donors (Lipinski definition) is 2. The van der Waals surface area contributed by atoms with E-state index in [2.05, 4.69) is 22.4 Å². The molecule has 0 aromatic carbocycles. The van der Waals surface area contributed by atoms with Gasteiger partial charge in [0.25, 0.3) is 0 Å². The normalized spacial score (nSPS) is 26.0. The predicted octanol–water partition coefficient (Wildman–Crippen LogP) is 0.718. The van der Waals surface area contributed by atoms with Gasteiger partial charge in [-0.1, -0.05) is 12.1 Å². The van der Waals surface area contributed by atoms with Gasteiger partial charge in [-0.25, -0.2) is 0 Å². The van der Waals surface area contributed by atoms with Gasteiger partial charge < -0.3 is 14.9 Å². The van der Waals surface area contributed by atoms with Crippen LogP contribution < -0.4 is 5.32 Å². The second kappa shape index (κ2) is 4.96. The van der Waals surface area contributed by atoms with E-state index in [4.69, 9.17) is 4.52 Å². The third-order valence-corrected chi connectivity index (χ3v) is 3.20. The lowest BCUT2D eigenvalue weighted by Crippen LogP contribution is -2.15. The minimum atomic E-state index is -0.296. The SMILES string of the molecule is CCSCc1noc([C@H]2C[C@@H](O)CN2)n1. The topological polar surface area (TPSA) is 71.2 Å². The zero-order chi connectivity index (χ0) is 10.7. The van der Waals surface area contributed by atoms with Gasteiger partial charge in [0.15, 0.2) is 5.82 Å². The van der Waals surface area contributed by atoms with Crippen LogP contribution in [0.4, 0.5) is 0 Å².